The van der Waals surface area contributed by atoms with Crippen molar-refractivity contribution in [3.05, 3.63) is 53.3 Å². The summed E-state index contributed by atoms with van der Waals surface area (Å²) >= 11 is 0. The van der Waals surface area contributed by atoms with Crippen LogP contribution in [0.5, 0.6) is 0 Å². The Balaban J connectivity index is 2.19. The van der Waals surface area contributed by atoms with Gasteiger partial charge in [-0.2, -0.15) is 4.68 Å². The topological polar surface area (TPSA) is 69.6 Å². The molecule has 0 bridgehead atoms. The van der Waals surface area contributed by atoms with Crippen LogP contribution in [0.3, 0.4) is 0 Å². The normalized spacial score (nSPS) is 10.8. The highest BCUT2D eigenvalue weighted by atomic mass is 19.1. The Kier molecular flexibility index (Phi) is 3.13. The van der Waals surface area contributed by atoms with E-state index in [1.54, 1.807) is 10.7 Å². The van der Waals surface area contributed by atoms with Crippen molar-refractivity contribution in [2.45, 2.75) is 13.8 Å². The fraction of sp³-hybridized carbons (Fsp3) is 0.133. The first-order valence-corrected chi connectivity index (χ1v) is 6.47. The van der Waals surface area contributed by atoms with Gasteiger partial charge in [0.05, 0.1) is 5.69 Å². The molecule has 6 heteroatoms. The van der Waals surface area contributed by atoms with Crippen LogP contribution in [-0.4, -0.2) is 20.2 Å². The van der Waals surface area contributed by atoms with E-state index in [-0.39, 0.29) is 0 Å². The highest BCUT2D eigenvalue weighted by Gasteiger charge is 2.14. The van der Waals surface area contributed by atoms with E-state index in [1.165, 1.54) is 12.1 Å². The summed E-state index contributed by atoms with van der Waals surface area (Å²) in [6.07, 6.45) is 0. The number of halogens is 1. The van der Waals surface area contributed by atoms with Crippen molar-refractivity contribution in [2.75, 3.05) is 5.73 Å². The summed E-state index contributed by atoms with van der Waals surface area (Å²) in [5, 5.41) is 11.7. The third-order valence-electron chi connectivity index (χ3n) is 3.45. The monoisotopic (exact) mass is 283 g/mol. The SMILES string of the molecule is Cc1cccc(-n2nnnc2-c2cc(N)cc(F)c2)c1C. The third kappa shape index (κ3) is 2.35. The Morgan fingerprint density at radius 1 is 1.14 bits per heavy atom. The second kappa shape index (κ2) is 4.97. The molecule has 1 aromatic heterocycles. The zero-order valence-corrected chi connectivity index (χ0v) is 11.7. The summed E-state index contributed by atoms with van der Waals surface area (Å²) in [7, 11) is 0. The van der Waals surface area contributed by atoms with Gasteiger partial charge in [0.25, 0.3) is 0 Å². The number of nitrogen functional groups attached to an aromatic ring is 1. The fourth-order valence-corrected chi connectivity index (χ4v) is 2.24. The predicted molar refractivity (Wildman–Crippen MR) is 78.4 cm³/mol. The number of aryl methyl sites for hydroxylation is 1. The van der Waals surface area contributed by atoms with E-state index in [0.29, 0.717) is 17.1 Å². The molecule has 0 saturated carbocycles. The number of hydrogen-bond donors (Lipinski definition) is 1. The maximum atomic E-state index is 13.5. The van der Waals surface area contributed by atoms with E-state index in [4.69, 9.17) is 5.73 Å². The van der Waals surface area contributed by atoms with E-state index in [0.717, 1.165) is 16.8 Å². The lowest BCUT2D eigenvalue weighted by molar-refractivity contribution is 0.628. The van der Waals surface area contributed by atoms with Crippen LogP contribution in [0.2, 0.25) is 0 Å². The number of rotatable bonds is 2. The average Bonchev–Trinajstić information content (AvgIpc) is 2.90. The molecule has 2 N–H and O–H groups in total. The van der Waals surface area contributed by atoms with Crippen molar-refractivity contribution in [2.24, 2.45) is 0 Å². The highest BCUT2D eigenvalue weighted by Crippen LogP contribution is 2.25. The molecule has 21 heavy (non-hydrogen) atoms. The Morgan fingerprint density at radius 2 is 1.95 bits per heavy atom. The summed E-state index contributed by atoms with van der Waals surface area (Å²) in [4.78, 5) is 0. The van der Waals surface area contributed by atoms with Crippen LogP contribution in [0.4, 0.5) is 10.1 Å². The first-order valence-electron chi connectivity index (χ1n) is 6.47. The number of anilines is 1. The van der Waals surface area contributed by atoms with Crippen LogP contribution in [0, 0.1) is 19.7 Å². The molecule has 0 aliphatic carbocycles. The maximum Gasteiger partial charge on any atom is 0.187 e. The van der Waals surface area contributed by atoms with E-state index < -0.39 is 5.82 Å². The van der Waals surface area contributed by atoms with Crippen LogP contribution in [0.25, 0.3) is 17.1 Å². The number of hydrogen-bond acceptors (Lipinski definition) is 4. The summed E-state index contributed by atoms with van der Waals surface area (Å²) in [6.45, 7) is 4.01. The maximum absolute atomic E-state index is 13.5. The molecule has 1 heterocycles. The molecule has 0 unspecified atom stereocenters. The van der Waals surface area contributed by atoms with Crippen molar-refractivity contribution in [3.63, 3.8) is 0 Å². The minimum Gasteiger partial charge on any atom is -0.399 e. The smallest absolute Gasteiger partial charge is 0.187 e. The van der Waals surface area contributed by atoms with Gasteiger partial charge in [0.15, 0.2) is 5.82 Å². The fourth-order valence-electron chi connectivity index (χ4n) is 2.24. The van der Waals surface area contributed by atoms with Gasteiger partial charge >= 0.3 is 0 Å². The molecule has 2 aromatic carbocycles. The third-order valence-corrected chi connectivity index (χ3v) is 3.45. The van der Waals surface area contributed by atoms with Crippen LogP contribution in [0.1, 0.15) is 11.1 Å². The highest BCUT2D eigenvalue weighted by molar-refractivity contribution is 5.63. The van der Waals surface area contributed by atoms with Gasteiger partial charge in [0.2, 0.25) is 0 Å². The molecule has 3 aromatic rings. The van der Waals surface area contributed by atoms with Gasteiger partial charge in [-0.1, -0.05) is 12.1 Å². The van der Waals surface area contributed by atoms with Gasteiger partial charge in [-0.15, -0.1) is 5.10 Å². The average molecular weight is 283 g/mol. The minimum absolute atomic E-state index is 0.334. The molecular formula is C15H14FN5. The molecule has 0 aliphatic rings. The molecule has 5 nitrogen and oxygen atoms in total. The molecule has 106 valence electrons. The Morgan fingerprint density at radius 3 is 2.71 bits per heavy atom. The van der Waals surface area contributed by atoms with Crippen molar-refractivity contribution < 1.29 is 4.39 Å². The second-order valence-corrected chi connectivity index (χ2v) is 4.91. The van der Waals surface area contributed by atoms with Gasteiger partial charge in [-0.25, -0.2) is 4.39 Å². The van der Waals surface area contributed by atoms with Gasteiger partial charge in [0.1, 0.15) is 5.82 Å². The first-order chi connectivity index (χ1) is 10.1. The summed E-state index contributed by atoms with van der Waals surface area (Å²) in [5.41, 5.74) is 9.62. The number of tetrazole rings is 1. The molecule has 3 rings (SSSR count). The van der Waals surface area contributed by atoms with Gasteiger partial charge in [-0.05, 0) is 59.7 Å². The summed E-state index contributed by atoms with van der Waals surface area (Å²) in [5.74, 6) is 0.0374. The zero-order valence-electron chi connectivity index (χ0n) is 11.7. The first kappa shape index (κ1) is 13.2. The van der Waals surface area contributed by atoms with Crippen LogP contribution in [0.15, 0.2) is 36.4 Å². The lowest BCUT2D eigenvalue weighted by atomic mass is 10.1. The number of benzene rings is 2. The van der Waals surface area contributed by atoms with Gasteiger partial charge < -0.3 is 5.73 Å². The molecule has 0 radical (unpaired) electrons. The standard InChI is InChI=1S/C15H14FN5/c1-9-4-3-5-14(10(9)2)21-15(18-19-20-21)11-6-12(16)8-13(17)7-11/h3-8H,17H2,1-2H3. The van der Waals surface area contributed by atoms with E-state index in [2.05, 4.69) is 15.5 Å². The van der Waals surface area contributed by atoms with Gasteiger partial charge in [-0.3, -0.25) is 0 Å². The van der Waals surface area contributed by atoms with E-state index in [1.807, 2.05) is 32.0 Å². The summed E-state index contributed by atoms with van der Waals surface area (Å²) < 4.78 is 15.1. The quantitative estimate of drug-likeness (QED) is 0.734. The van der Waals surface area contributed by atoms with E-state index >= 15 is 0 Å². The molecule has 0 atom stereocenters. The number of nitrogens with zero attached hydrogens (tertiary/aromatic N) is 4. The Labute approximate surface area is 121 Å². The van der Waals surface area contributed by atoms with Gasteiger partial charge in [0, 0.05) is 11.3 Å². The predicted octanol–water partition coefficient (Wildman–Crippen LogP) is 2.67. The van der Waals surface area contributed by atoms with Crippen LogP contribution in [-0.2, 0) is 0 Å². The van der Waals surface area contributed by atoms with Crippen LogP contribution < -0.4 is 5.73 Å². The van der Waals surface area contributed by atoms with Crippen molar-refractivity contribution in [1.82, 2.24) is 20.2 Å². The Bertz CT molecular complexity index is 789. The minimum atomic E-state index is -0.416. The Hall–Kier alpha value is -2.76. The molecule has 0 aliphatic heterocycles. The number of nitrogens with two attached hydrogens (primary N) is 1. The van der Waals surface area contributed by atoms with Crippen LogP contribution >= 0.6 is 0 Å². The largest absolute Gasteiger partial charge is 0.399 e. The lowest BCUT2D eigenvalue weighted by Gasteiger charge is -2.10. The molecule has 0 saturated heterocycles. The van der Waals surface area contributed by atoms with Crippen molar-refractivity contribution in [1.29, 1.82) is 0 Å². The molecular weight excluding hydrogens is 269 g/mol. The second-order valence-electron chi connectivity index (χ2n) is 4.91. The lowest BCUT2D eigenvalue weighted by Crippen LogP contribution is -2.03. The van der Waals surface area contributed by atoms with E-state index in [9.17, 15) is 4.39 Å². The molecule has 0 amide bonds. The molecule has 0 spiro atoms. The zero-order chi connectivity index (χ0) is 15.0. The number of aromatic nitrogens is 4. The van der Waals surface area contributed by atoms with Crippen molar-refractivity contribution >= 4 is 5.69 Å². The molecule has 0 fully saturated rings. The van der Waals surface area contributed by atoms with Crippen molar-refractivity contribution in [3.8, 4) is 17.1 Å². The summed E-state index contributed by atoms with van der Waals surface area (Å²) in [6, 6.07) is 10.1.